The van der Waals surface area contributed by atoms with Crippen LogP contribution in [0.3, 0.4) is 0 Å². The Labute approximate surface area is 121 Å². The minimum atomic E-state index is -0.372. The van der Waals surface area contributed by atoms with E-state index in [9.17, 15) is 4.79 Å². The van der Waals surface area contributed by atoms with E-state index in [1.54, 1.807) is 29.9 Å². The van der Waals surface area contributed by atoms with Gasteiger partial charge < -0.3 is 5.73 Å². The van der Waals surface area contributed by atoms with Gasteiger partial charge >= 0.3 is 0 Å². The molecule has 2 aromatic heterocycles. The molecule has 0 unspecified atom stereocenters. The number of aliphatic imine (C=N–C) groups is 1. The molecule has 1 aliphatic rings. The van der Waals surface area contributed by atoms with Crippen LogP contribution in [0.2, 0.25) is 0 Å². The highest BCUT2D eigenvalue weighted by molar-refractivity contribution is 7.16. The predicted molar refractivity (Wildman–Crippen MR) is 81.0 cm³/mol. The van der Waals surface area contributed by atoms with Crippen LogP contribution in [0.5, 0.6) is 0 Å². The Kier molecular flexibility index (Phi) is 3.60. The Hall–Kier alpha value is -2.01. The lowest BCUT2D eigenvalue weighted by Gasteiger charge is -2.10. The fourth-order valence-electron chi connectivity index (χ4n) is 2.48. The number of amides is 1. The predicted octanol–water partition coefficient (Wildman–Crippen LogP) is 2.87. The molecular formula is C15H15N3OS. The number of rotatable bonds is 3. The second-order valence-corrected chi connectivity index (χ2v) is 5.88. The SMILES string of the molecule is NC(=O)c1c(/N=C/c2cccnc2)sc2c1CCCC2. The van der Waals surface area contributed by atoms with Gasteiger partial charge in [0, 0.05) is 29.0 Å². The van der Waals surface area contributed by atoms with E-state index in [4.69, 9.17) is 5.73 Å². The van der Waals surface area contributed by atoms with Crippen LogP contribution in [0.15, 0.2) is 29.5 Å². The maximum atomic E-state index is 11.7. The average Bonchev–Trinajstić information content (AvgIpc) is 2.84. The molecule has 0 aliphatic heterocycles. The number of carbonyl (C=O) groups is 1. The lowest BCUT2D eigenvalue weighted by molar-refractivity contribution is 0.100. The van der Waals surface area contributed by atoms with Crippen molar-refractivity contribution in [2.24, 2.45) is 10.7 Å². The second-order valence-electron chi connectivity index (χ2n) is 4.80. The lowest BCUT2D eigenvalue weighted by atomic mass is 9.95. The van der Waals surface area contributed by atoms with E-state index in [0.717, 1.165) is 35.4 Å². The molecule has 2 aromatic rings. The van der Waals surface area contributed by atoms with Gasteiger partial charge in [0.2, 0.25) is 0 Å². The molecule has 0 atom stereocenters. The van der Waals surface area contributed by atoms with Crippen molar-refractivity contribution in [2.75, 3.05) is 0 Å². The third kappa shape index (κ3) is 2.49. The number of pyridine rings is 1. The van der Waals surface area contributed by atoms with Crippen LogP contribution < -0.4 is 5.73 Å². The van der Waals surface area contributed by atoms with E-state index in [0.29, 0.717) is 5.56 Å². The van der Waals surface area contributed by atoms with Gasteiger partial charge in [0.05, 0.1) is 5.56 Å². The zero-order chi connectivity index (χ0) is 13.9. The summed E-state index contributed by atoms with van der Waals surface area (Å²) >= 11 is 1.59. The summed E-state index contributed by atoms with van der Waals surface area (Å²) in [5, 5.41) is 0.730. The molecule has 3 rings (SSSR count). The van der Waals surface area contributed by atoms with E-state index in [1.807, 2.05) is 12.1 Å². The smallest absolute Gasteiger partial charge is 0.252 e. The maximum Gasteiger partial charge on any atom is 0.252 e. The summed E-state index contributed by atoms with van der Waals surface area (Å²) in [6.07, 6.45) is 9.45. The molecule has 102 valence electrons. The monoisotopic (exact) mass is 285 g/mol. The normalized spacial score (nSPS) is 14.4. The van der Waals surface area contributed by atoms with Gasteiger partial charge in [-0.2, -0.15) is 0 Å². The molecule has 20 heavy (non-hydrogen) atoms. The van der Waals surface area contributed by atoms with Crippen LogP contribution in [0.25, 0.3) is 0 Å². The van der Waals surface area contributed by atoms with E-state index in [-0.39, 0.29) is 5.91 Å². The summed E-state index contributed by atoms with van der Waals surface area (Å²) in [4.78, 5) is 21.5. The molecule has 0 fully saturated rings. The number of fused-ring (bicyclic) bond motifs is 1. The van der Waals surface area contributed by atoms with Crippen molar-refractivity contribution in [1.82, 2.24) is 4.98 Å². The van der Waals surface area contributed by atoms with Crippen LogP contribution >= 0.6 is 11.3 Å². The van der Waals surface area contributed by atoms with Crippen molar-refractivity contribution in [3.05, 3.63) is 46.1 Å². The van der Waals surface area contributed by atoms with Crippen LogP contribution in [-0.4, -0.2) is 17.1 Å². The lowest BCUT2D eigenvalue weighted by Crippen LogP contribution is -2.14. The minimum Gasteiger partial charge on any atom is -0.365 e. The van der Waals surface area contributed by atoms with E-state index in [2.05, 4.69) is 9.98 Å². The van der Waals surface area contributed by atoms with Crippen molar-refractivity contribution < 1.29 is 4.79 Å². The van der Waals surface area contributed by atoms with Gasteiger partial charge in [0.15, 0.2) is 0 Å². The van der Waals surface area contributed by atoms with Crippen molar-refractivity contribution >= 4 is 28.5 Å². The molecule has 1 aliphatic carbocycles. The van der Waals surface area contributed by atoms with Gasteiger partial charge in [-0.15, -0.1) is 11.3 Å². The molecule has 0 aromatic carbocycles. The molecular weight excluding hydrogens is 270 g/mol. The first kappa shape index (κ1) is 13.0. The van der Waals surface area contributed by atoms with Crippen LogP contribution in [0.4, 0.5) is 5.00 Å². The largest absolute Gasteiger partial charge is 0.365 e. The van der Waals surface area contributed by atoms with Crippen molar-refractivity contribution in [1.29, 1.82) is 0 Å². The first-order chi connectivity index (χ1) is 9.75. The first-order valence-electron chi connectivity index (χ1n) is 6.64. The summed E-state index contributed by atoms with van der Waals surface area (Å²) in [6, 6.07) is 3.78. The number of hydrogen-bond acceptors (Lipinski definition) is 4. The number of nitrogens with zero attached hydrogens (tertiary/aromatic N) is 2. The first-order valence-corrected chi connectivity index (χ1v) is 7.46. The van der Waals surface area contributed by atoms with Gasteiger partial charge in [0.25, 0.3) is 5.91 Å². The highest BCUT2D eigenvalue weighted by Gasteiger charge is 2.23. The van der Waals surface area contributed by atoms with Gasteiger partial charge in [0.1, 0.15) is 5.00 Å². The van der Waals surface area contributed by atoms with Crippen LogP contribution in [0.1, 0.15) is 39.2 Å². The Morgan fingerprint density at radius 1 is 1.40 bits per heavy atom. The fraction of sp³-hybridized carbons (Fsp3) is 0.267. The molecule has 0 spiro atoms. The van der Waals surface area contributed by atoms with Crippen molar-refractivity contribution in [2.45, 2.75) is 25.7 Å². The summed E-state index contributed by atoms with van der Waals surface area (Å²) in [6.45, 7) is 0. The minimum absolute atomic E-state index is 0.372. The van der Waals surface area contributed by atoms with Gasteiger partial charge in [-0.05, 0) is 37.3 Å². The van der Waals surface area contributed by atoms with Crippen molar-refractivity contribution in [3.8, 4) is 0 Å². The molecule has 2 N–H and O–H groups in total. The molecule has 2 heterocycles. The quantitative estimate of drug-likeness (QED) is 0.881. The summed E-state index contributed by atoms with van der Waals surface area (Å²) < 4.78 is 0. The Morgan fingerprint density at radius 2 is 2.25 bits per heavy atom. The summed E-state index contributed by atoms with van der Waals surface area (Å²) in [5.41, 5.74) is 8.18. The Balaban J connectivity index is 1.99. The van der Waals surface area contributed by atoms with Crippen LogP contribution in [-0.2, 0) is 12.8 Å². The molecule has 0 saturated carbocycles. The average molecular weight is 285 g/mol. The highest BCUT2D eigenvalue weighted by atomic mass is 32.1. The number of aryl methyl sites for hydroxylation is 1. The fourth-order valence-corrected chi connectivity index (χ4v) is 3.72. The molecule has 0 saturated heterocycles. The van der Waals surface area contributed by atoms with Gasteiger partial charge in [-0.25, -0.2) is 4.99 Å². The third-order valence-electron chi connectivity index (χ3n) is 3.41. The van der Waals surface area contributed by atoms with Crippen molar-refractivity contribution in [3.63, 3.8) is 0 Å². The Bertz CT molecular complexity index is 661. The maximum absolute atomic E-state index is 11.7. The zero-order valence-corrected chi connectivity index (χ0v) is 11.8. The number of primary amides is 1. The third-order valence-corrected chi connectivity index (χ3v) is 4.61. The highest BCUT2D eigenvalue weighted by Crippen LogP contribution is 2.39. The Morgan fingerprint density at radius 3 is 3.00 bits per heavy atom. The van der Waals surface area contributed by atoms with Crippen LogP contribution in [0, 0.1) is 0 Å². The standard InChI is InChI=1S/C15H15N3OS/c16-14(19)13-11-5-1-2-6-12(11)20-15(13)18-9-10-4-3-7-17-8-10/h3-4,7-9H,1-2,5-6H2,(H2,16,19)/b18-9+. The topological polar surface area (TPSA) is 68.3 Å². The second kappa shape index (κ2) is 5.54. The van der Waals surface area contributed by atoms with E-state index >= 15 is 0 Å². The molecule has 5 heteroatoms. The van der Waals surface area contributed by atoms with Gasteiger partial charge in [-0.1, -0.05) is 6.07 Å². The molecule has 0 radical (unpaired) electrons. The summed E-state index contributed by atoms with van der Waals surface area (Å²) in [5.74, 6) is -0.372. The molecule has 4 nitrogen and oxygen atoms in total. The number of nitrogens with two attached hydrogens (primary N) is 1. The van der Waals surface area contributed by atoms with E-state index in [1.165, 1.54) is 11.3 Å². The van der Waals surface area contributed by atoms with Gasteiger partial charge in [-0.3, -0.25) is 9.78 Å². The molecule has 0 bridgehead atoms. The number of aromatic nitrogens is 1. The zero-order valence-electron chi connectivity index (χ0n) is 11.0. The number of hydrogen-bond donors (Lipinski definition) is 1. The molecule has 1 amide bonds. The summed E-state index contributed by atoms with van der Waals surface area (Å²) in [7, 11) is 0. The number of thiophene rings is 1. The van der Waals surface area contributed by atoms with E-state index < -0.39 is 0 Å². The number of carbonyl (C=O) groups excluding carboxylic acids is 1.